The maximum absolute atomic E-state index is 9.95. The highest BCUT2D eigenvalue weighted by Gasteiger charge is 2.15. The Morgan fingerprint density at radius 2 is 1.59 bits per heavy atom. The van der Waals surface area contributed by atoms with Crippen molar-refractivity contribution in [2.45, 2.75) is 48.0 Å². The monoisotopic (exact) mass is 346 g/mol. The summed E-state index contributed by atoms with van der Waals surface area (Å²) in [6, 6.07) is 8.99. The molecule has 0 fully saturated rings. The maximum Gasteiger partial charge on any atom is 0.395 e. The Kier molecular flexibility index (Phi) is 16.1. The predicted molar refractivity (Wildman–Crippen MR) is 92.8 cm³/mol. The van der Waals surface area contributed by atoms with Gasteiger partial charge in [0.2, 0.25) is 0 Å². The predicted octanol–water partition coefficient (Wildman–Crippen LogP) is 6.58. The molecule has 126 valence electrons. The van der Waals surface area contributed by atoms with Crippen molar-refractivity contribution in [3.63, 3.8) is 0 Å². The number of rotatable bonds is 6. The SMILES string of the molecule is CC.CC(COP=O)CC(C)(C)C.O=POc1ccccc1. The molecule has 1 atom stereocenters. The average Bonchev–Trinajstić information content (AvgIpc) is 2.48. The molecule has 0 amide bonds. The fraction of sp³-hybridized carbons (Fsp3) is 0.625. The third kappa shape index (κ3) is 17.2. The average molecular weight is 346 g/mol. The molecule has 0 saturated carbocycles. The van der Waals surface area contributed by atoms with E-state index in [1.165, 1.54) is 0 Å². The fourth-order valence-corrected chi connectivity index (χ4v) is 2.31. The van der Waals surface area contributed by atoms with Crippen LogP contribution >= 0.6 is 17.4 Å². The summed E-state index contributed by atoms with van der Waals surface area (Å²) in [7, 11) is -0.509. The summed E-state index contributed by atoms with van der Waals surface area (Å²) >= 11 is 0. The van der Waals surface area contributed by atoms with E-state index in [2.05, 4.69) is 32.2 Å². The minimum Gasteiger partial charge on any atom is -0.408 e. The topological polar surface area (TPSA) is 52.6 Å². The zero-order valence-electron chi connectivity index (χ0n) is 14.4. The van der Waals surface area contributed by atoms with Crippen molar-refractivity contribution < 1.29 is 18.2 Å². The van der Waals surface area contributed by atoms with Gasteiger partial charge in [0, 0.05) is 0 Å². The molecule has 0 radical (unpaired) electrons. The molecule has 0 aromatic heterocycles. The van der Waals surface area contributed by atoms with E-state index < -0.39 is 0 Å². The Morgan fingerprint density at radius 1 is 1.05 bits per heavy atom. The van der Waals surface area contributed by atoms with Gasteiger partial charge in [-0.15, -0.1) is 0 Å². The highest BCUT2D eigenvalue weighted by atomic mass is 31.1. The lowest BCUT2D eigenvalue weighted by Crippen LogP contribution is -2.13. The van der Waals surface area contributed by atoms with Crippen molar-refractivity contribution in [3.8, 4) is 5.75 Å². The Bertz CT molecular complexity index is 377. The van der Waals surface area contributed by atoms with Crippen LogP contribution in [0, 0.1) is 11.3 Å². The van der Waals surface area contributed by atoms with Crippen LogP contribution in [0.1, 0.15) is 48.0 Å². The lowest BCUT2D eigenvalue weighted by atomic mass is 9.86. The molecule has 1 unspecified atom stereocenters. The van der Waals surface area contributed by atoms with Crippen LogP contribution in [0.25, 0.3) is 0 Å². The van der Waals surface area contributed by atoms with E-state index in [0.29, 0.717) is 23.7 Å². The molecular weight excluding hydrogens is 318 g/mol. The largest absolute Gasteiger partial charge is 0.408 e. The Morgan fingerprint density at radius 3 is 2.00 bits per heavy atom. The van der Waals surface area contributed by atoms with Gasteiger partial charge in [-0.25, -0.2) is 9.13 Å². The molecule has 22 heavy (non-hydrogen) atoms. The molecule has 0 saturated heterocycles. The van der Waals surface area contributed by atoms with Crippen LogP contribution in [0.2, 0.25) is 0 Å². The lowest BCUT2D eigenvalue weighted by Gasteiger charge is -2.21. The van der Waals surface area contributed by atoms with Crippen LogP contribution in [0.4, 0.5) is 0 Å². The lowest BCUT2D eigenvalue weighted by molar-refractivity contribution is 0.220. The second-order valence-electron chi connectivity index (χ2n) is 5.72. The molecule has 0 N–H and O–H groups in total. The Labute approximate surface area is 138 Å². The van der Waals surface area contributed by atoms with Crippen molar-refractivity contribution >= 4 is 17.4 Å². The van der Waals surface area contributed by atoms with Crippen LogP contribution in [0.3, 0.4) is 0 Å². The molecule has 6 heteroatoms. The molecule has 1 aromatic rings. The summed E-state index contributed by atoms with van der Waals surface area (Å²) in [4.78, 5) is 0. The first kappa shape index (κ1) is 23.4. The molecule has 4 nitrogen and oxygen atoms in total. The molecule has 1 aromatic carbocycles. The highest BCUT2D eigenvalue weighted by molar-refractivity contribution is 7.17. The number of hydrogen-bond donors (Lipinski definition) is 0. The summed E-state index contributed by atoms with van der Waals surface area (Å²) < 4.78 is 29.2. The summed E-state index contributed by atoms with van der Waals surface area (Å²) in [6.07, 6.45) is 1.10. The quantitative estimate of drug-likeness (QED) is 0.546. The van der Waals surface area contributed by atoms with Gasteiger partial charge < -0.3 is 4.52 Å². The summed E-state index contributed by atoms with van der Waals surface area (Å²) in [5.74, 6) is 1.10. The van der Waals surface area contributed by atoms with E-state index in [4.69, 9.17) is 4.52 Å². The van der Waals surface area contributed by atoms with Crippen molar-refractivity contribution in [1.82, 2.24) is 0 Å². The first-order chi connectivity index (χ1) is 10.4. The number of hydrogen-bond acceptors (Lipinski definition) is 4. The van der Waals surface area contributed by atoms with Gasteiger partial charge in [-0.05, 0) is 29.9 Å². The Hall–Kier alpha value is -0.820. The third-order valence-corrected chi connectivity index (χ3v) is 2.80. The van der Waals surface area contributed by atoms with Gasteiger partial charge >= 0.3 is 17.4 Å². The summed E-state index contributed by atoms with van der Waals surface area (Å²) in [6.45, 7) is 13.3. The smallest absolute Gasteiger partial charge is 0.395 e. The molecule has 0 bridgehead atoms. The summed E-state index contributed by atoms with van der Waals surface area (Å²) in [5, 5.41) is 0. The standard InChI is InChI=1S/C8H17O2P.C6H5O2P.C2H6/c1-7(6-10-11-9)5-8(2,3)4;7-9-8-6-4-2-1-3-5-6;1-2/h7H,5-6H2,1-4H3;1-5H;1-2H3. The van der Waals surface area contributed by atoms with Gasteiger partial charge in [0.25, 0.3) is 0 Å². The Balaban J connectivity index is 0. The molecule has 0 spiro atoms. The van der Waals surface area contributed by atoms with Gasteiger partial charge in [0.1, 0.15) is 5.75 Å². The fourth-order valence-electron chi connectivity index (χ4n) is 1.79. The first-order valence-corrected chi connectivity index (χ1v) is 8.84. The number of para-hydroxylation sites is 1. The van der Waals surface area contributed by atoms with Crippen molar-refractivity contribution in [2.24, 2.45) is 11.3 Å². The van der Waals surface area contributed by atoms with E-state index in [1.54, 1.807) is 12.1 Å². The number of benzene rings is 1. The second-order valence-corrected chi connectivity index (χ2v) is 6.46. The van der Waals surface area contributed by atoms with Crippen LogP contribution in [-0.4, -0.2) is 6.61 Å². The van der Waals surface area contributed by atoms with E-state index in [-0.39, 0.29) is 17.4 Å². The molecule has 0 aliphatic heterocycles. The minimum atomic E-state index is -0.305. The third-order valence-electron chi connectivity index (χ3n) is 2.26. The van der Waals surface area contributed by atoms with Crippen LogP contribution in [-0.2, 0) is 13.7 Å². The van der Waals surface area contributed by atoms with E-state index in [1.807, 2.05) is 32.0 Å². The normalized spacial score (nSPS) is 11.7. The van der Waals surface area contributed by atoms with Gasteiger partial charge in [-0.3, -0.25) is 4.52 Å². The maximum atomic E-state index is 9.95. The molecular formula is C16H28O4P2. The zero-order chi connectivity index (χ0) is 17.4. The molecule has 0 aliphatic rings. The van der Waals surface area contributed by atoms with Gasteiger partial charge in [-0.1, -0.05) is 59.7 Å². The molecule has 0 heterocycles. The van der Waals surface area contributed by atoms with Gasteiger partial charge in [-0.2, -0.15) is 0 Å². The van der Waals surface area contributed by atoms with Crippen molar-refractivity contribution in [2.75, 3.05) is 6.61 Å². The minimum absolute atomic E-state index is 0.204. The first-order valence-electron chi connectivity index (χ1n) is 7.38. The highest BCUT2D eigenvalue weighted by Crippen LogP contribution is 2.24. The van der Waals surface area contributed by atoms with Gasteiger partial charge in [0.05, 0.1) is 6.61 Å². The zero-order valence-corrected chi connectivity index (χ0v) is 16.2. The summed E-state index contributed by atoms with van der Waals surface area (Å²) in [5.41, 5.74) is 0.336. The van der Waals surface area contributed by atoms with Crippen LogP contribution < -0.4 is 4.52 Å². The van der Waals surface area contributed by atoms with E-state index >= 15 is 0 Å². The van der Waals surface area contributed by atoms with Crippen molar-refractivity contribution in [1.29, 1.82) is 0 Å². The van der Waals surface area contributed by atoms with Gasteiger partial charge in [0.15, 0.2) is 0 Å². The molecule has 0 aliphatic carbocycles. The second kappa shape index (κ2) is 15.1. The van der Waals surface area contributed by atoms with E-state index in [9.17, 15) is 9.13 Å². The van der Waals surface area contributed by atoms with E-state index in [0.717, 1.165) is 6.42 Å². The van der Waals surface area contributed by atoms with Crippen LogP contribution in [0.15, 0.2) is 30.3 Å². The molecule has 1 rings (SSSR count). The van der Waals surface area contributed by atoms with Crippen LogP contribution in [0.5, 0.6) is 5.75 Å². The van der Waals surface area contributed by atoms with Crippen molar-refractivity contribution in [3.05, 3.63) is 30.3 Å².